The van der Waals surface area contributed by atoms with Gasteiger partial charge in [-0.05, 0) is 31.5 Å². The number of hydrogen-bond acceptors (Lipinski definition) is 4. The summed E-state index contributed by atoms with van der Waals surface area (Å²) in [6, 6.07) is 8.03. The maximum absolute atomic E-state index is 13.0. The van der Waals surface area contributed by atoms with Crippen molar-refractivity contribution in [1.29, 1.82) is 0 Å². The highest BCUT2D eigenvalue weighted by atomic mass is 19.1. The number of halogens is 1. The van der Waals surface area contributed by atoms with Gasteiger partial charge >= 0.3 is 0 Å². The molecular weight excluding hydrogens is 275 g/mol. The second-order valence-corrected chi connectivity index (χ2v) is 4.85. The fourth-order valence-electron chi connectivity index (χ4n) is 2.12. The van der Waals surface area contributed by atoms with E-state index in [-0.39, 0.29) is 11.4 Å². The zero-order chi connectivity index (χ0) is 15.6. The van der Waals surface area contributed by atoms with Gasteiger partial charge in [0.25, 0.3) is 5.69 Å². The van der Waals surface area contributed by atoms with Crippen LogP contribution in [0.4, 0.5) is 15.8 Å². The number of aryl methyl sites for hydroxylation is 1. The lowest BCUT2D eigenvalue weighted by molar-refractivity contribution is -0.384. The molecule has 0 fully saturated rings. The fraction of sp³-hybridized carbons (Fsp3) is 0.200. The van der Waals surface area contributed by atoms with Crippen LogP contribution in [-0.2, 0) is 0 Å². The summed E-state index contributed by atoms with van der Waals surface area (Å²) in [6.45, 7) is 3.56. The van der Waals surface area contributed by atoms with Crippen LogP contribution in [0, 0.1) is 22.9 Å². The summed E-state index contributed by atoms with van der Waals surface area (Å²) in [4.78, 5) is 10.6. The Labute approximate surface area is 121 Å². The van der Waals surface area contributed by atoms with Crippen molar-refractivity contribution >= 4 is 11.4 Å². The second-order valence-electron chi connectivity index (χ2n) is 4.85. The third kappa shape index (κ3) is 3.28. The maximum atomic E-state index is 13.0. The summed E-state index contributed by atoms with van der Waals surface area (Å²) in [5.74, 6) is -0.727. The molecule has 1 unspecified atom stereocenters. The molecule has 2 N–H and O–H groups in total. The predicted molar refractivity (Wildman–Crippen MR) is 77.9 cm³/mol. The van der Waals surface area contributed by atoms with Crippen molar-refractivity contribution in [3.63, 3.8) is 0 Å². The second kappa shape index (κ2) is 5.78. The van der Waals surface area contributed by atoms with E-state index in [2.05, 4.69) is 5.32 Å². The van der Waals surface area contributed by atoms with Crippen LogP contribution >= 0.6 is 0 Å². The van der Waals surface area contributed by atoms with Gasteiger partial charge in [0.2, 0.25) is 0 Å². The number of nitro benzene ring substituents is 1. The van der Waals surface area contributed by atoms with E-state index in [1.807, 2.05) is 6.92 Å². The van der Waals surface area contributed by atoms with Gasteiger partial charge < -0.3 is 10.4 Å². The van der Waals surface area contributed by atoms with Crippen molar-refractivity contribution in [2.24, 2.45) is 0 Å². The molecule has 0 aliphatic rings. The minimum atomic E-state index is -0.537. The minimum Gasteiger partial charge on any atom is -0.507 e. The van der Waals surface area contributed by atoms with Gasteiger partial charge in [0.15, 0.2) is 0 Å². The normalized spacial score (nSPS) is 12.0. The first-order valence-electron chi connectivity index (χ1n) is 6.38. The number of nitro groups is 1. The molecule has 0 bridgehead atoms. The van der Waals surface area contributed by atoms with E-state index in [0.29, 0.717) is 11.3 Å². The topological polar surface area (TPSA) is 75.4 Å². The molecule has 0 saturated carbocycles. The summed E-state index contributed by atoms with van der Waals surface area (Å²) in [5.41, 5.74) is 1.65. The van der Waals surface area contributed by atoms with E-state index < -0.39 is 16.8 Å². The maximum Gasteiger partial charge on any atom is 0.292 e. The Morgan fingerprint density at radius 2 is 2.00 bits per heavy atom. The van der Waals surface area contributed by atoms with Gasteiger partial charge in [-0.25, -0.2) is 4.39 Å². The van der Waals surface area contributed by atoms with Crippen molar-refractivity contribution in [3.8, 4) is 5.75 Å². The average molecular weight is 290 g/mol. The van der Waals surface area contributed by atoms with Gasteiger partial charge in [0, 0.05) is 17.7 Å². The van der Waals surface area contributed by atoms with Gasteiger partial charge in [-0.1, -0.05) is 12.1 Å². The molecule has 0 aromatic heterocycles. The summed E-state index contributed by atoms with van der Waals surface area (Å²) in [6.07, 6.45) is 0. The highest BCUT2D eigenvalue weighted by Gasteiger charge is 2.17. The van der Waals surface area contributed by atoms with Crippen molar-refractivity contribution in [2.75, 3.05) is 5.32 Å². The summed E-state index contributed by atoms with van der Waals surface area (Å²) in [5, 5.41) is 23.8. The third-order valence-corrected chi connectivity index (χ3v) is 3.18. The minimum absolute atomic E-state index is 0.0472. The Bertz CT molecular complexity index is 689. The number of phenolic OH excluding ortho intramolecular Hbond substituents is 1. The van der Waals surface area contributed by atoms with Gasteiger partial charge in [-0.3, -0.25) is 10.1 Å². The standard InChI is InChI=1S/C15H15FN2O3/c1-9-3-6-14(18(20)21)13(7-9)17-10(2)12-5-4-11(16)8-15(12)19/h3-8,10,17,19H,1-2H3. The molecule has 0 radical (unpaired) electrons. The molecule has 5 nitrogen and oxygen atoms in total. The Kier molecular flexibility index (Phi) is 4.07. The number of phenols is 1. The number of benzene rings is 2. The molecule has 0 saturated heterocycles. The van der Waals surface area contributed by atoms with Crippen LogP contribution in [0.1, 0.15) is 24.1 Å². The number of rotatable bonds is 4. The van der Waals surface area contributed by atoms with E-state index in [1.54, 1.807) is 19.1 Å². The van der Waals surface area contributed by atoms with Crippen molar-refractivity contribution in [3.05, 3.63) is 63.5 Å². The highest BCUT2D eigenvalue weighted by Crippen LogP contribution is 2.32. The quantitative estimate of drug-likeness (QED) is 0.661. The third-order valence-electron chi connectivity index (χ3n) is 3.18. The molecule has 110 valence electrons. The van der Waals surface area contributed by atoms with Gasteiger partial charge in [0.1, 0.15) is 17.3 Å². The molecule has 0 heterocycles. The van der Waals surface area contributed by atoms with Crippen LogP contribution in [0.25, 0.3) is 0 Å². The smallest absolute Gasteiger partial charge is 0.292 e. The Hall–Kier alpha value is -2.63. The predicted octanol–water partition coefficient (Wildman–Crippen LogP) is 3.92. The monoisotopic (exact) mass is 290 g/mol. The molecule has 2 aromatic carbocycles. The van der Waals surface area contributed by atoms with E-state index in [4.69, 9.17) is 0 Å². The lowest BCUT2D eigenvalue weighted by Gasteiger charge is -2.17. The van der Waals surface area contributed by atoms with E-state index in [0.717, 1.165) is 11.6 Å². The number of anilines is 1. The molecule has 0 spiro atoms. The van der Waals surface area contributed by atoms with Crippen LogP contribution in [0.5, 0.6) is 5.75 Å². The fourth-order valence-corrected chi connectivity index (χ4v) is 2.12. The lowest BCUT2D eigenvalue weighted by Crippen LogP contribution is -2.09. The van der Waals surface area contributed by atoms with E-state index >= 15 is 0 Å². The molecular formula is C15H15FN2O3. The zero-order valence-corrected chi connectivity index (χ0v) is 11.6. The largest absolute Gasteiger partial charge is 0.507 e. The molecule has 0 aliphatic carbocycles. The first-order chi connectivity index (χ1) is 9.88. The van der Waals surface area contributed by atoms with E-state index in [1.165, 1.54) is 18.2 Å². The van der Waals surface area contributed by atoms with Crippen molar-refractivity contribution in [1.82, 2.24) is 0 Å². The Balaban J connectivity index is 2.33. The number of aromatic hydroxyl groups is 1. The van der Waals surface area contributed by atoms with Crippen molar-refractivity contribution in [2.45, 2.75) is 19.9 Å². The Morgan fingerprint density at radius 3 is 2.62 bits per heavy atom. The lowest BCUT2D eigenvalue weighted by atomic mass is 10.1. The molecule has 21 heavy (non-hydrogen) atoms. The molecule has 0 aliphatic heterocycles. The average Bonchev–Trinajstić information content (AvgIpc) is 2.37. The molecule has 6 heteroatoms. The van der Waals surface area contributed by atoms with Gasteiger partial charge in [-0.2, -0.15) is 0 Å². The van der Waals surface area contributed by atoms with Gasteiger partial charge in [0.05, 0.1) is 11.0 Å². The molecule has 2 aromatic rings. The summed E-state index contributed by atoms with van der Waals surface area (Å²) >= 11 is 0. The van der Waals surface area contributed by atoms with Gasteiger partial charge in [-0.15, -0.1) is 0 Å². The molecule has 1 atom stereocenters. The first kappa shape index (κ1) is 14.8. The SMILES string of the molecule is Cc1ccc([N+](=O)[O-])c(NC(C)c2ccc(F)cc2O)c1. The first-order valence-corrected chi connectivity index (χ1v) is 6.38. The summed E-state index contributed by atoms with van der Waals surface area (Å²) in [7, 11) is 0. The zero-order valence-electron chi connectivity index (χ0n) is 11.6. The Morgan fingerprint density at radius 1 is 1.29 bits per heavy atom. The molecule has 0 amide bonds. The number of nitrogens with one attached hydrogen (secondary N) is 1. The number of nitrogens with zero attached hydrogens (tertiary/aromatic N) is 1. The highest BCUT2D eigenvalue weighted by molar-refractivity contribution is 5.63. The van der Waals surface area contributed by atoms with E-state index in [9.17, 15) is 19.6 Å². The molecule has 2 rings (SSSR count). The van der Waals surface area contributed by atoms with Crippen LogP contribution < -0.4 is 5.32 Å². The van der Waals surface area contributed by atoms with Crippen LogP contribution in [-0.4, -0.2) is 10.0 Å². The van der Waals surface area contributed by atoms with Crippen LogP contribution in [0.2, 0.25) is 0 Å². The number of hydrogen-bond donors (Lipinski definition) is 2. The summed E-state index contributed by atoms with van der Waals surface area (Å²) < 4.78 is 13.0. The van der Waals surface area contributed by atoms with Crippen molar-refractivity contribution < 1.29 is 14.4 Å². The van der Waals surface area contributed by atoms with Crippen LogP contribution in [0.3, 0.4) is 0 Å². The van der Waals surface area contributed by atoms with Crippen LogP contribution in [0.15, 0.2) is 36.4 Å².